The molecule has 0 spiro atoms. The van der Waals surface area contributed by atoms with Gasteiger partial charge in [0.2, 0.25) is 0 Å². The predicted molar refractivity (Wildman–Crippen MR) is 50.3 cm³/mol. The summed E-state index contributed by atoms with van der Waals surface area (Å²) in [6.45, 7) is 5.44. The molecule has 0 radical (unpaired) electrons. The minimum absolute atomic E-state index is 0.0237. The Bertz CT molecular complexity index is 329. The fraction of sp³-hybridized carbons (Fsp3) is 0.300. The standard InChI is InChI=1S/C10H13NO/c1-6-4-5-9(8(3)12)10(11)7(6)2/h4-5H,11H2,1-3H3. The Hall–Kier alpha value is -1.31. The molecule has 2 nitrogen and oxygen atoms in total. The molecule has 0 atom stereocenters. The lowest BCUT2D eigenvalue weighted by atomic mass is 10.0. The van der Waals surface area contributed by atoms with Gasteiger partial charge in [0, 0.05) is 11.3 Å². The molecule has 0 aliphatic rings. The van der Waals surface area contributed by atoms with Gasteiger partial charge in [0.05, 0.1) is 0 Å². The highest BCUT2D eigenvalue weighted by Crippen LogP contribution is 2.20. The number of hydrogen-bond donors (Lipinski definition) is 1. The van der Waals surface area contributed by atoms with Crippen LogP contribution in [0.4, 0.5) is 5.69 Å². The molecule has 0 aromatic heterocycles. The Balaban J connectivity index is 3.36. The zero-order valence-electron chi connectivity index (χ0n) is 7.64. The van der Waals surface area contributed by atoms with E-state index in [0.717, 1.165) is 11.1 Å². The van der Waals surface area contributed by atoms with Gasteiger partial charge in [0.25, 0.3) is 0 Å². The van der Waals surface area contributed by atoms with Gasteiger partial charge < -0.3 is 5.73 Å². The molecule has 0 unspecified atom stereocenters. The van der Waals surface area contributed by atoms with E-state index in [1.54, 1.807) is 6.07 Å². The van der Waals surface area contributed by atoms with Crippen LogP contribution in [0.15, 0.2) is 12.1 Å². The third-order valence-electron chi connectivity index (χ3n) is 2.16. The number of nitrogens with two attached hydrogens (primary N) is 1. The normalized spacial score (nSPS) is 9.92. The molecule has 12 heavy (non-hydrogen) atoms. The molecule has 1 rings (SSSR count). The van der Waals surface area contributed by atoms with Crippen LogP contribution in [0.1, 0.15) is 28.4 Å². The van der Waals surface area contributed by atoms with Crippen LogP contribution in [0.5, 0.6) is 0 Å². The first-order valence-corrected chi connectivity index (χ1v) is 3.90. The molecule has 0 fully saturated rings. The number of ketones is 1. The van der Waals surface area contributed by atoms with Crippen molar-refractivity contribution in [2.75, 3.05) is 5.73 Å². The number of Topliss-reactive ketones (excluding diaryl/α,β-unsaturated/α-hetero) is 1. The summed E-state index contributed by atoms with van der Waals surface area (Å²) in [7, 11) is 0. The maximum atomic E-state index is 11.0. The van der Waals surface area contributed by atoms with Crippen molar-refractivity contribution in [3.63, 3.8) is 0 Å². The predicted octanol–water partition coefficient (Wildman–Crippen LogP) is 2.09. The lowest BCUT2D eigenvalue weighted by molar-refractivity contribution is 0.101. The smallest absolute Gasteiger partial charge is 0.161 e. The zero-order valence-corrected chi connectivity index (χ0v) is 7.64. The molecule has 0 saturated heterocycles. The SMILES string of the molecule is CC(=O)c1ccc(C)c(C)c1N. The molecular weight excluding hydrogens is 150 g/mol. The van der Waals surface area contributed by atoms with Gasteiger partial charge in [-0.15, -0.1) is 0 Å². The van der Waals surface area contributed by atoms with Crippen LogP contribution >= 0.6 is 0 Å². The van der Waals surface area contributed by atoms with Crippen molar-refractivity contribution in [2.24, 2.45) is 0 Å². The Morgan fingerprint density at radius 1 is 1.33 bits per heavy atom. The van der Waals surface area contributed by atoms with Crippen molar-refractivity contribution in [1.82, 2.24) is 0 Å². The summed E-state index contributed by atoms with van der Waals surface area (Å²) in [4.78, 5) is 11.0. The summed E-state index contributed by atoms with van der Waals surface area (Å²) in [5.74, 6) is 0.0237. The fourth-order valence-electron chi connectivity index (χ4n) is 1.14. The minimum Gasteiger partial charge on any atom is -0.398 e. The van der Waals surface area contributed by atoms with Crippen molar-refractivity contribution in [1.29, 1.82) is 0 Å². The maximum Gasteiger partial charge on any atom is 0.161 e. The Morgan fingerprint density at radius 2 is 1.92 bits per heavy atom. The second kappa shape index (κ2) is 2.97. The van der Waals surface area contributed by atoms with E-state index in [9.17, 15) is 4.79 Å². The third kappa shape index (κ3) is 1.33. The summed E-state index contributed by atoms with van der Waals surface area (Å²) in [5.41, 5.74) is 9.13. The average molecular weight is 163 g/mol. The van der Waals surface area contributed by atoms with Crippen molar-refractivity contribution in [3.05, 3.63) is 28.8 Å². The first-order chi connectivity index (χ1) is 5.54. The van der Waals surface area contributed by atoms with Gasteiger partial charge in [-0.25, -0.2) is 0 Å². The molecule has 0 aliphatic carbocycles. The van der Waals surface area contributed by atoms with E-state index in [4.69, 9.17) is 5.73 Å². The van der Waals surface area contributed by atoms with Crippen molar-refractivity contribution >= 4 is 11.5 Å². The van der Waals surface area contributed by atoms with Crippen LogP contribution in [0.2, 0.25) is 0 Å². The van der Waals surface area contributed by atoms with Gasteiger partial charge in [0.1, 0.15) is 0 Å². The number of rotatable bonds is 1. The number of carbonyl (C=O) groups is 1. The first-order valence-electron chi connectivity index (χ1n) is 3.90. The summed E-state index contributed by atoms with van der Waals surface area (Å²) >= 11 is 0. The van der Waals surface area contributed by atoms with Crippen LogP contribution in [0, 0.1) is 13.8 Å². The van der Waals surface area contributed by atoms with Crippen molar-refractivity contribution in [3.8, 4) is 0 Å². The Morgan fingerprint density at radius 3 is 2.42 bits per heavy atom. The monoisotopic (exact) mass is 163 g/mol. The number of aryl methyl sites for hydroxylation is 1. The van der Waals surface area contributed by atoms with E-state index in [0.29, 0.717) is 11.3 Å². The molecule has 1 aromatic carbocycles. The van der Waals surface area contributed by atoms with Crippen molar-refractivity contribution < 1.29 is 4.79 Å². The summed E-state index contributed by atoms with van der Waals surface area (Å²) < 4.78 is 0. The maximum absolute atomic E-state index is 11.0. The lowest BCUT2D eigenvalue weighted by Gasteiger charge is -2.07. The Labute approximate surface area is 72.4 Å². The van der Waals surface area contributed by atoms with Gasteiger partial charge in [-0.3, -0.25) is 4.79 Å². The van der Waals surface area contributed by atoms with E-state index in [-0.39, 0.29) is 5.78 Å². The van der Waals surface area contributed by atoms with Gasteiger partial charge in [-0.2, -0.15) is 0 Å². The van der Waals surface area contributed by atoms with E-state index in [1.807, 2.05) is 19.9 Å². The van der Waals surface area contributed by atoms with Crippen LogP contribution in [-0.2, 0) is 0 Å². The van der Waals surface area contributed by atoms with Crippen LogP contribution < -0.4 is 5.73 Å². The molecule has 0 aliphatic heterocycles. The highest BCUT2D eigenvalue weighted by molar-refractivity contribution is 5.99. The molecule has 0 heterocycles. The topological polar surface area (TPSA) is 43.1 Å². The molecular formula is C10H13NO. The highest BCUT2D eigenvalue weighted by Gasteiger charge is 2.07. The molecule has 1 aromatic rings. The van der Waals surface area contributed by atoms with Gasteiger partial charge in [0.15, 0.2) is 5.78 Å². The second-order valence-electron chi connectivity index (χ2n) is 3.02. The first kappa shape index (κ1) is 8.78. The largest absolute Gasteiger partial charge is 0.398 e. The third-order valence-corrected chi connectivity index (χ3v) is 2.16. The average Bonchev–Trinajstić information content (AvgIpc) is 2.00. The van der Waals surface area contributed by atoms with Gasteiger partial charge in [-0.1, -0.05) is 6.07 Å². The molecule has 0 saturated carbocycles. The van der Waals surface area contributed by atoms with E-state index >= 15 is 0 Å². The molecule has 2 heteroatoms. The molecule has 0 amide bonds. The van der Waals surface area contributed by atoms with E-state index < -0.39 is 0 Å². The number of benzene rings is 1. The molecule has 2 N–H and O–H groups in total. The molecule has 0 bridgehead atoms. The quantitative estimate of drug-likeness (QED) is 0.509. The summed E-state index contributed by atoms with van der Waals surface area (Å²) in [6, 6.07) is 3.70. The lowest BCUT2D eigenvalue weighted by Crippen LogP contribution is -2.02. The van der Waals surface area contributed by atoms with Crippen LogP contribution in [-0.4, -0.2) is 5.78 Å². The number of carbonyl (C=O) groups excluding carboxylic acids is 1. The summed E-state index contributed by atoms with van der Waals surface area (Å²) in [5, 5.41) is 0. The fourth-order valence-corrected chi connectivity index (χ4v) is 1.14. The van der Waals surface area contributed by atoms with Crippen molar-refractivity contribution in [2.45, 2.75) is 20.8 Å². The van der Waals surface area contributed by atoms with Crippen LogP contribution in [0.25, 0.3) is 0 Å². The second-order valence-corrected chi connectivity index (χ2v) is 3.02. The number of anilines is 1. The van der Waals surface area contributed by atoms with Crippen LogP contribution in [0.3, 0.4) is 0 Å². The molecule has 64 valence electrons. The van der Waals surface area contributed by atoms with Gasteiger partial charge in [-0.05, 0) is 38.0 Å². The van der Waals surface area contributed by atoms with E-state index in [1.165, 1.54) is 6.92 Å². The zero-order chi connectivity index (χ0) is 9.30. The summed E-state index contributed by atoms with van der Waals surface area (Å²) in [6.07, 6.45) is 0. The van der Waals surface area contributed by atoms with E-state index in [2.05, 4.69) is 0 Å². The number of nitrogen functional groups attached to an aromatic ring is 1. The Kier molecular flexibility index (Phi) is 2.18. The van der Waals surface area contributed by atoms with Gasteiger partial charge >= 0.3 is 0 Å². The number of hydrogen-bond acceptors (Lipinski definition) is 2. The highest BCUT2D eigenvalue weighted by atomic mass is 16.1. The minimum atomic E-state index is 0.0237.